The predicted molar refractivity (Wildman–Crippen MR) is 189 cm³/mol. The Morgan fingerprint density at radius 3 is 0.791 bits per heavy atom. The minimum absolute atomic E-state index is 0.0413. The largest absolute Gasteiger partial charge is 0.243 e. The fraction of sp³-hybridized carbons (Fsp3) is 0. The van der Waals surface area contributed by atoms with Crippen molar-refractivity contribution in [2.45, 2.75) is 0 Å². The number of hydrogen-bond donors (Lipinski definition) is 0. The van der Waals surface area contributed by atoms with Crippen LogP contribution in [0.2, 0.25) is 0 Å². The molecule has 0 aliphatic rings. The fourth-order valence-electron chi connectivity index (χ4n) is 7.23. The topological polar surface area (TPSA) is 0 Å². The second-order valence-corrected chi connectivity index (χ2v) is 11.7. The summed E-state index contributed by atoms with van der Waals surface area (Å²) < 4.78 is 0. The van der Waals surface area contributed by atoms with Crippen molar-refractivity contribution in [1.29, 1.82) is 0 Å². The van der Waals surface area contributed by atoms with E-state index in [1.54, 1.807) is 0 Å². The molecule has 0 fully saturated rings. The van der Waals surface area contributed by atoms with Gasteiger partial charge in [-0.2, -0.15) is 0 Å². The molecular weight excluding hydrogens is 515 g/mol. The molecule has 9 aromatic carbocycles. The molecule has 0 radical (unpaired) electrons. The van der Waals surface area contributed by atoms with Crippen LogP contribution in [0.25, 0.3) is 64.6 Å². The highest BCUT2D eigenvalue weighted by Gasteiger charge is 2.27. The molecule has 0 aliphatic carbocycles. The van der Waals surface area contributed by atoms with E-state index in [1.165, 1.54) is 81.0 Å². The molecule has 0 atom stereocenters. The third-order valence-corrected chi connectivity index (χ3v) is 9.27. The molecule has 0 aromatic heterocycles. The molecule has 0 saturated carbocycles. The zero-order valence-electron chi connectivity index (χ0n) is 23.7. The standard InChI is InChI=1S/C42H27B/c1-4-13-31-25-37-34(22-28(31)10-1)16-7-19-40(37)43(41-20-8-17-35-23-29-11-2-5-14-32(29)26-38(35)41)42-21-9-18-36-24-30-12-3-6-15-33(30)27-39(36)42/h1-27H. The van der Waals surface area contributed by atoms with E-state index in [9.17, 15) is 0 Å². The van der Waals surface area contributed by atoms with Crippen molar-refractivity contribution >= 4 is 87.7 Å². The van der Waals surface area contributed by atoms with Crippen LogP contribution in [0.3, 0.4) is 0 Å². The Hall–Kier alpha value is -5.40. The first-order chi connectivity index (χ1) is 21.3. The van der Waals surface area contributed by atoms with Crippen LogP contribution in [-0.2, 0) is 0 Å². The Balaban J connectivity index is 1.42. The summed E-state index contributed by atoms with van der Waals surface area (Å²) in [7, 11) is 0. The summed E-state index contributed by atoms with van der Waals surface area (Å²) in [5, 5.41) is 15.4. The van der Waals surface area contributed by atoms with Gasteiger partial charge in [0.05, 0.1) is 0 Å². The van der Waals surface area contributed by atoms with Crippen LogP contribution in [-0.4, -0.2) is 6.71 Å². The maximum absolute atomic E-state index is 2.40. The van der Waals surface area contributed by atoms with Gasteiger partial charge in [0, 0.05) is 0 Å². The van der Waals surface area contributed by atoms with Gasteiger partial charge in [0.25, 0.3) is 0 Å². The molecule has 0 nitrogen and oxygen atoms in total. The summed E-state index contributed by atoms with van der Waals surface area (Å²) in [6, 6.07) is 60.9. The van der Waals surface area contributed by atoms with E-state index in [0.717, 1.165) is 0 Å². The summed E-state index contributed by atoms with van der Waals surface area (Å²) in [6.45, 7) is 0.0413. The first-order valence-electron chi connectivity index (χ1n) is 15.0. The second kappa shape index (κ2) is 9.58. The molecule has 0 aliphatic heterocycles. The summed E-state index contributed by atoms with van der Waals surface area (Å²) >= 11 is 0. The van der Waals surface area contributed by atoms with Crippen molar-refractivity contribution in [3.63, 3.8) is 0 Å². The van der Waals surface area contributed by atoms with Gasteiger partial charge in [0.1, 0.15) is 0 Å². The van der Waals surface area contributed by atoms with Gasteiger partial charge >= 0.3 is 0 Å². The maximum Gasteiger partial charge on any atom is 0.243 e. The summed E-state index contributed by atoms with van der Waals surface area (Å²) in [6.07, 6.45) is 0. The highest BCUT2D eigenvalue weighted by Crippen LogP contribution is 2.27. The van der Waals surface area contributed by atoms with Crippen molar-refractivity contribution in [2.24, 2.45) is 0 Å². The highest BCUT2D eigenvalue weighted by molar-refractivity contribution is 6.99. The predicted octanol–water partition coefficient (Wildman–Crippen LogP) is 9.12. The summed E-state index contributed by atoms with van der Waals surface area (Å²) in [4.78, 5) is 0. The summed E-state index contributed by atoms with van der Waals surface area (Å²) in [5.41, 5.74) is 4.01. The molecule has 198 valence electrons. The molecule has 9 rings (SSSR count). The van der Waals surface area contributed by atoms with Gasteiger partial charge in [0.15, 0.2) is 0 Å². The Bertz CT molecular complexity index is 2240. The number of benzene rings is 9. The Morgan fingerprint density at radius 2 is 0.488 bits per heavy atom. The van der Waals surface area contributed by atoms with Gasteiger partial charge in [-0.05, 0) is 101 Å². The Labute approximate surface area is 250 Å². The van der Waals surface area contributed by atoms with Gasteiger partial charge < -0.3 is 0 Å². The first-order valence-corrected chi connectivity index (χ1v) is 15.0. The third-order valence-electron chi connectivity index (χ3n) is 9.27. The van der Waals surface area contributed by atoms with E-state index in [0.29, 0.717) is 0 Å². The van der Waals surface area contributed by atoms with Gasteiger partial charge in [-0.1, -0.05) is 144 Å². The van der Waals surface area contributed by atoms with Gasteiger partial charge in [-0.25, -0.2) is 0 Å². The number of hydrogen-bond acceptors (Lipinski definition) is 0. The van der Waals surface area contributed by atoms with E-state index >= 15 is 0 Å². The zero-order valence-corrected chi connectivity index (χ0v) is 23.7. The smallest absolute Gasteiger partial charge is 0.0663 e. The highest BCUT2D eigenvalue weighted by atomic mass is 14.1. The van der Waals surface area contributed by atoms with E-state index in [1.807, 2.05) is 0 Å². The van der Waals surface area contributed by atoms with E-state index in [-0.39, 0.29) is 6.71 Å². The minimum Gasteiger partial charge on any atom is -0.0663 e. The zero-order chi connectivity index (χ0) is 28.3. The van der Waals surface area contributed by atoms with Gasteiger partial charge in [-0.3, -0.25) is 0 Å². The van der Waals surface area contributed by atoms with Crippen LogP contribution in [0.5, 0.6) is 0 Å². The van der Waals surface area contributed by atoms with E-state index < -0.39 is 0 Å². The molecule has 0 bridgehead atoms. The van der Waals surface area contributed by atoms with Crippen LogP contribution in [0.15, 0.2) is 164 Å². The average molecular weight is 542 g/mol. The normalized spacial score (nSPS) is 11.7. The van der Waals surface area contributed by atoms with E-state index in [4.69, 9.17) is 0 Å². The lowest BCUT2D eigenvalue weighted by Crippen LogP contribution is -2.52. The SMILES string of the molecule is c1ccc2cc3c(B(c4cccc5cc6ccccc6cc45)c4cccc5cc6ccccc6cc45)cccc3cc2c1. The Kier molecular flexibility index (Phi) is 5.40. The van der Waals surface area contributed by atoms with Crippen LogP contribution < -0.4 is 16.4 Å². The fourth-order valence-corrected chi connectivity index (χ4v) is 7.23. The molecule has 1 heteroatoms. The lowest BCUT2D eigenvalue weighted by Gasteiger charge is -2.22. The maximum atomic E-state index is 2.40. The van der Waals surface area contributed by atoms with Crippen LogP contribution in [0, 0.1) is 0 Å². The first kappa shape index (κ1) is 24.2. The van der Waals surface area contributed by atoms with E-state index in [2.05, 4.69) is 164 Å². The third kappa shape index (κ3) is 3.93. The monoisotopic (exact) mass is 542 g/mol. The van der Waals surface area contributed by atoms with Crippen LogP contribution >= 0.6 is 0 Å². The molecule has 0 saturated heterocycles. The second-order valence-electron chi connectivity index (χ2n) is 11.7. The molecular formula is C42H27B. The minimum atomic E-state index is 0.0413. The molecule has 0 heterocycles. The van der Waals surface area contributed by atoms with Crippen LogP contribution in [0.4, 0.5) is 0 Å². The average Bonchev–Trinajstić information content (AvgIpc) is 3.06. The molecule has 0 N–H and O–H groups in total. The quantitative estimate of drug-likeness (QED) is 0.154. The van der Waals surface area contributed by atoms with Crippen molar-refractivity contribution in [3.8, 4) is 0 Å². The number of rotatable bonds is 3. The molecule has 0 spiro atoms. The molecule has 0 unspecified atom stereocenters. The molecule has 0 amide bonds. The summed E-state index contributed by atoms with van der Waals surface area (Å²) in [5.74, 6) is 0. The van der Waals surface area contributed by atoms with Gasteiger partial charge in [0.2, 0.25) is 6.71 Å². The van der Waals surface area contributed by atoms with Gasteiger partial charge in [-0.15, -0.1) is 0 Å². The van der Waals surface area contributed by atoms with Crippen molar-refractivity contribution in [1.82, 2.24) is 0 Å². The lowest BCUT2D eigenvalue weighted by atomic mass is 9.35. The van der Waals surface area contributed by atoms with Crippen molar-refractivity contribution < 1.29 is 0 Å². The van der Waals surface area contributed by atoms with Crippen molar-refractivity contribution in [3.05, 3.63) is 164 Å². The van der Waals surface area contributed by atoms with Crippen LogP contribution in [0.1, 0.15) is 0 Å². The molecule has 43 heavy (non-hydrogen) atoms. The van der Waals surface area contributed by atoms with Crippen molar-refractivity contribution in [2.75, 3.05) is 0 Å². The number of fused-ring (bicyclic) bond motifs is 6. The molecule has 9 aromatic rings. The lowest BCUT2D eigenvalue weighted by molar-refractivity contribution is 1.76. The Morgan fingerprint density at radius 1 is 0.233 bits per heavy atom.